The highest BCUT2D eigenvalue weighted by Crippen LogP contribution is 2.27. The van der Waals surface area contributed by atoms with Crippen LogP contribution in [0.3, 0.4) is 0 Å². The average Bonchev–Trinajstić information content (AvgIpc) is 2.82. The summed E-state index contributed by atoms with van der Waals surface area (Å²) in [6, 6.07) is 12.7. The van der Waals surface area contributed by atoms with Crippen LogP contribution in [0.25, 0.3) is 0 Å². The zero-order valence-electron chi connectivity index (χ0n) is 18.5. The second kappa shape index (κ2) is 10.6. The van der Waals surface area contributed by atoms with Gasteiger partial charge in [0.2, 0.25) is 15.9 Å². The molecule has 1 amide bonds. The molecule has 2 aliphatic rings. The van der Waals surface area contributed by atoms with Crippen LogP contribution in [-0.4, -0.2) is 44.8 Å². The van der Waals surface area contributed by atoms with Crippen molar-refractivity contribution in [3.05, 3.63) is 58.1 Å². The van der Waals surface area contributed by atoms with E-state index in [1.165, 1.54) is 29.3 Å². The third-order valence-electron chi connectivity index (χ3n) is 6.34. The summed E-state index contributed by atoms with van der Waals surface area (Å²) in [4.78, 5) is 15.3. The zero-order valence-corrected chi connectivity index (χ0v) is 20.8. The Balaban J connectivity index is 1.36. The Kier molecular flexibility index (Phi) is 7.84. The third kappa shape index (κ3) is 6.21. The number of anilines is 2. The minimum absolute atomic E-state index is 0.143. The summed E-state index contributed by atoms with van der Waals surface area (Å²) in [6.07, 6.45) is 5.02. The summed E-state index contributed by atoms with van der Waals surface area (Å²) in [5.74, 6) is -0.699. The maximum Gasteiger partial charge on any atom is 0.228 e. The summed E-state index contributed by atoms with van der Waals surface area (Å²) in [6.45, 7) is 2.74. The molecule has 2 aliphatic heterocycles. The number of nitrogens with zero attached hydrogens (tertiary/aromatic N) is 2. The third-order valence-corrected chi connectivity index (χ3v) is 8.89. The van der Waals surface area contributed by atoms with Crippen LogP contribution in [0.1, 0.15) is 37.7 Å². The highest BCUT2D eigenvalue weighted by atomic mass is 35.5. The fourth-order valence-corrected chi connectivity index (χ4v) is 6.41. The fraction of sp³-hybridized carbons (Fsp3) is 0.458. The van der Waals surface area contributed by atoms with Crippen LogP contribution in [0.4, 0.5) is 11.4 Å². The largest absolute Gasteiger partial charge is 0.372 e. The molecule has 9 heteroatoms. The number of carbonyl (C=O) groups excluding carboxylic acids is 1. The van der Waals surface area contributed by atoms with Gasteiger partial charge in [0, 0.05) is 37.6 Å². The van der Waals surface area contributed by atoms with E-state index in [9.17, 15) is 13.2 Å². The Hall–Kier alpha value is -1.80. The Labute approximate surface area is 205 Å². The normalized spacial score (nSPS) is 19.9. The van der Waals surface area contributed by atoms with E-state index < -0.39 is 10.0 Å². The highest BCUT2D eigenvalue weighted by molar-refractivity contribution is 7.88. The van der Waals surface area contributed by atoms with Gasteiger partial charge in [-0.25, -0.2) is 12.7 Å². The molecule has 2 aromatic carbocycles. The molecule has 178 valence electrons. The van der Waals surface area contributed by atoms with Crippen molar-refractivity contribution in [2.45, 2.75) is 37.9 Å². The number of hydrogen-bond donors (Lipinski definition) is 1. The number of halogens is 2. The van der Waals surface area contributed by atoms with E-state index in [0.29, 0.717) is 35.0 Å². The molecule has 6 nitrogen and oxygen atoms in total. The number of carbonyl (C=O) groups is 1. The second-order valence-corrected chi connectivity index (χ2v) is 11.6. The molecule has 2 aromatic rings. The molecule has 0 saturated carbocycles. The van der Waals surface area contributed by atoms with Crippen LogP contribution < -0.4 is 10.2 Å². The molecule has 2 saturated heterocycles. The number of hydrogen-bond acceptors (Lipinski definition) is 4. The Morgan fingerprint density at radius 2 is 1.67 bits per heavy atom. The maximum atomic E-state index is 13.0. The summed E-state index contributed by atoms with van der Waals surface area (Å²) < 4.78 is 27.4. The van der Waals surface area contributed by atoms with Crippen molar-refractivity contribution in [2.24, 2.45) is 5.92 Å². The zero-order chi connectivity index (χ0) is 23.4. The van der Waals surface area contributed by atoms with Crippen LogP contribution in [0.5, 0.6) is 0 Å². The SMILES string of the molecule is O=C(Nc1ccc(N2CCCCC2)cc1)C1CCCN(S(=O)(=O)Cc2ccc(Cl)c(Cl)c2)C1. The molecule has 0 spiro atoms. The highest BCUT2D eigenvalue weighted by Gasteiger charge is 2.32. The lowest BCUT2D eigenvalue weighted by Crippen LogP contribution is -2.44. The van der Waals surface area contributed by atoms with Crippen molar-refractivity contribution in [2.75, 3.05) is 36.4 Å². The summed E-state index contributed by atoms with van der Waals surface area (Å²) in [5, 5.41) is 3.68. The minimum Gasteiger partial charge on any atom is -0.372 e. The van der Waals surface area contributed by atoms with E-state index in [1.54, 1.807) is 18.2 Å². The van der Waals surface area contributed by atoms with Crippen molar-refractivity contribution in [3.63, 3.8) is 0 Å². The number of amides is 1. The maximum absolute atomic E-state index is 13.0. The minimum atomic E-state index is -3.58. The number of piperidine rings is 2. The van der Waals surface area contributed by atoms with Crippen LogP contribution in [-0.2, 0) is 20.6 Å². The first kappa shape index (κ1) is 24.3. The second-order valence-electron chi connectivity index (χ2n) is 8.79. The van der Waals surface area contributed by atoms with Crippen molar-refractivity contribution >= 4 is 50.5 Å². The van der Waals surface area contributed by atoms with E-state index in [1.807, 2.05) is 24.3 Å². The monoisotopic (exact) mass is 509 g/mol. The van der Waals surface area contributed by atoms with Gasteiger partial charge in [-0.2, -0.15) is 0 Å². The lowest BCUT2D eigenvalue weighted by atomic mass is 9.98. The van der Waals surface area contributed by atoms with Crippen molar-refractivity contribution in [1.82, 2.24) is 4.31 Å². The quantitative estimate of drug-likeness (QED) is 0.583. The van der Waals surface area contributed by atoms with E-state index in [4.69, 9.17) is 23.2 Å². The smallest absolute Gasteiger partial charge is 0.228 e. The van der Waals surface area contributed by atoms with Gasteiger partial charge in [0.15, 0.2) is 0 Å². The molecular formula is C24H29Cl2N3O3S. The van der Waals surface area contributed by atoms with E-state index in [0.717, 1.165) is 18.8 Å². The van der Waals surface area contributed by atoms with Gasteiger partial charge in [0.25, 0.3) is 0 Å². The molecule has 0 aliphatic carbocycles. The number of nitrogens with one attached hydrogen (secondary N) is 1. The molecule has 1 atom stereocenters. The van der Waals surface area contributed by atoms with Gasteiger partial charge in [-0.1, -0.05) is 29.3 Å². The molecule has 0 radical (unpaired) electrons. The van der Waals surface area contributed by atoms with Gasteiger partial charge in [0.05, 0.1) is 21.7 Å². The van der Waals surface area contributed by atoms with Crippen LogP contribution in [0, 0.1) is 5.92 Å². The molecule has 1 unspecified atom stereocenters. The first-order valence-corrected chi connectivity index (χ1v) is 13.8. The standard InChI is InChI=1S/C24H29Cl2N3O3S/c25-22-11-6-18(15-23(22)26)17-33(31,32)29-14-4-5-19(16-29)24(30)27-20-7-9-21(10-8-20)28-12-2-1-3-13-28/h6-11,15,19H,1-5,12-14,16-17H2,(H,27,30). The fourth-order valence-electron chi connectivity index (χ4n) is 4.49. The summed E-state index contributed by atoms with van der Waals surface area (Å²) >= 11 is 12.0. The van der Waals surface area contributed by atoms with Gasteiger partial charge in [0.1, 0.15) is 0 Å². The summed E-state index contributed by atoms with van der Waals surface area (Å²) in [5.41, 5.74) is 2.48. The Bertz CT molecular complexity index is 1090. The molecule has 33 heavy (non-hydrogen) atoms. The van der Waals surface area contributed by atoms with Gasteiger partial charge < -0.3 is 10.2 Å². The van der Waals surface area contributed by atoms with Crippen molar-refractivity contribution in [3.8, 4) is 0 Å². The van der Waals surface area contributed by atoms with E-state index >= 15 is 0 Å². The number of sulfonamides is 1. The number of rotatable bonds is 6. The first-order valence-electron chi connectivity index (χ1n) is 11.4. The molecule has 1 N–H and O–H groups in total. The lowest BCUT2D eigenvalue weighted by molar-refractivity contribution is -0.120. The molecule has 4 rings (SSSR count). The molecular weight excluding hydrogens is 481 g/mol. The first-order chi connectivity index (χ1) is 15.8. The van der Waals surface area contributed by atoms with Gasteiger partial charge in [-0.3, -0.25) is 4.79 Å². The van der Waals surface area contributed by atoms with Gasteiger partial charge >= 0.3 is 0 Å². The molecule has 2 fully saturated rings. The number of benzene rings is 2. The van der Waals surface area contributed by atoms with Gasteiger partial charge in [-0.15, -0.1) is 0 Å². The van der Waals surface area contributed by atoms with Crippen molar-refractivity contribution < 1.29 is 13.2 Å². The summed E-state index contributed by atoms with van der Waals surface area (Å²) in [7, 11) is -3.58. The van der Waals surface area contributed by atoms with Crippen LogP contribution >= 0.6 is 23.2 Å². The molecule has 0 bridgehead atoms. The van der Waals surface area contributed by atoms with Gasteiger partial charge in [-0.05, 0) is 74.1 Å². The lowest BCUT2D eigenvalue weighted by Gasteiger charge is -2.31. The van der Waals surface area contributed by atoms with Crippen molar-refractivity contribution in [1.29, 1.82) is 0 Å². The molecule has 0 aromatic heterocycles. The predicted octanol–water partition coefficient (Wildman–Crippen LogP) is 5.16. The Morgan fingerprint density at radius 1 is 0.939 bits per heavy atom. The predicted molar refractivity (Wildman–Crippen MR) is 135 cm³/mol. The topological polar surface area (TPSA) is 69.7 Å². The average molecular weight is 510 g/mol. The van der Waals surface area contributed by atoms with Crippen LogP contribution in [0.2, 0.25) is 10.0 Å². The van der Waals surface area contributed by atoms with E-state index in [-0.39, 0.29) is 24.1 Å². The van der Waals surface area contributed by atoms with E-state index in [2.05, 4.69) is 10.2 Å². The van der Waals surface area contributed by atoms with Crippen LogP contribution in [0.15, 0.2) is 42.5 Å². The Morgan fingerprint density at radius 3 is 2.36 bits per heavy atom. The molecule has 2 heterocycles.